The van der Waals surface area contributed by atoms with Crippen LogP contribution in [0.5, 0.6) is 0 Å². The van der Waals surface area contributed by atoms with Crippen molar-refractivity contribution in [3.8, 4) is 0 Å². The lowest BCUT2D eigenvalue weighted by atomic mass is 9.74. The predicted molar refractivity (Wildman–Crippen MR) is 72.3 cm³/mol. The van der Waals surface area contributed by atoms with E-state index in [0.29, 0.717) is 9.90 Å². The highest BCUT2D eigenvalue weighted by molar-refractivity contribution is 7.12. The molecule has 1 heterocycles. The number of aliphatic carboxylic acids is 1. The molecule has 0 aliphatic heterocycles. The van der Waals surface area contributed by atoms with Gasteiger partial charge in [-0.05, 0) is 39.1 Å². The molecule has 1 aromatic heterocycles. The molecule has 0 aliphatic rings. The lowest BCUT2D eigenvalue weighted by Gasteiger charge is -2.38. The highest BCUT2D eigenvalue weighted by Gasteiger charge is 2.44. The molecule has 0 saturated heterocycles. The van der Waals surface area contributed by atoms with Crippen LogP contribution < -0.4 is 5.32 Å². The van der Waals surface area contributed by atoms with Crippen LogP contribution in [0, 0.1) is 5.41 Å². The lowest BCUT2D eigenvalue weighted by Crippen LogP contribution is -2.56. The smallest absolute Gasteiger partial charge is 0.311 e. The molecule has 6 heteroatoms. The van der Waals surface area contributed by atoms with Gasteiger partial charge in [0.1, 0.15) is 4.88 Å². The van der Waals surface area contributed by atoms with Gasteiger partial charge in [0, 0.05) is 0 Å². The Bertz CT molecular complexity index is 479. The van der Waals surface area contributed by atoms with E-state index in [1.807, 2.05) is 0 Å². The second-order valence-electron chi connectivity index (χ2n) is 5.11. The van der Waals surface area contributed by atoms with Crippen LogP contribution in [-0.4, -0.2) is 22.5 Å². The molecule has 18 heavy (non-hydrogen) atoms. The molecule has 100 valence electrons. The maximum atomic E-state index is 12.0. The maximum Gasteiger partial charge on any atom is 0.311 e. The SMILES string of the molecule is CC(C)(NC(=O)c1sccc1Cl)C(C)(C)C(=O)O. The largest absolute Gasteiger partial charge is 0.481 e. The summed E-state index contributed by atoms with van der Waals surface area (Å²) in [4.78, 5) is 23.7. The standard InChI is InChI=1S/C12H16ClNO3S/c1-11(2,10(16)17)12(3,4)14-9(15)8-7(13)5-6-18-8/h5-6H,1-4H3,(H,14,15)(H,16,17). The van der Waals surface area contributed by atoms with Crippen LogP contribution in [0.3, 0.4) is 0 Å². The average molecular weight is 290 g/mol. The molecular weight excluding hydrogens is 274 g/mol. The van der Waals surface area contributed by atoms with Crippen LogP contribution in [0.1, 0.15) is 37.4 Å². The fourth-order valence-electron chi connectivity index (χ4n) is 1.22. The minimum Gasteiger partial charge on any atom is -0.481 e. The minimum atomic E-state index is -1.09. The summed E-state index contributed by atoms with van der Waals surface area (Å²) in [6, 6.07) is 1.64. The van der Waals surface area contributed by atoms with E-state index in [0.717, 1.165) is 0 Å². The molecular formula is C12H16ClNO3S. The Morgan fingerprint density at radius 1 is 1.33 bits per heavy atom. The van der Waals surface area contributed by atoms with Crippen molar-refractivity contribution in [1.82, 2.24) is 5.32 Å². The molecule has 0 radical (unpaired) electrons. The molecule has 0 unspecified atom stereocenters. The zero-order valence-corrected chi connectivity index (χ0v) is 12.3. The molecule has 2 N–H and O–H groups in total. The summed E-state index contributed by atoms with van der Waals surface area (Å²) >= 11 is 7.10. The molecule has 0 bridgehead atoms. The molecule has 0 aromatic carbocycles. The van der Waals surface area contributed by atoms with E-state index in [9.17, 15) is 14.7 Å². The number of thiophene rings is 1. The number of carboxylic acids is 1. The zero-order chi connectivity index (χ0) is 14.1. The lowest BCUT2D eigenvalue weighted by molar-refractivity contribution is -0.150. The quantitative estimate of drug-likeness (QED) is 0.895. The first kappa shape index (κ1) is 15.0. The molecule has 0 atom stereocenters. The van der Waals surface area contributed by atoms with Crippen LogP contribution in [0.4, 0.5) is 0 Å². The van der Waals surface area contributed by atoms with Crippen molar-refractivity contribution in [2.75, 3.05) is 0 Å². The van der Waals surface area contributed by atoms with E-state index in [1.54, 1.807) is 39.1 Å². The third-order valence-corrected chi connectivity index (χ3v) is 4.69. The molecule has 1 aromatic rings. The highest BCUT2D eigenvalue weighted by atomic mass is 35.5. The maximum absolute atomic E-state index is 12.0. The van der Waals surface area contributed by atoms with E-state index < -0.39 is 16.9 Å². The Morgan fingerprint density at radius 2 is 1.89 bits per heavy atom. The summed E-state index contributed by atoms with van der Waals surface area (Å²) in [5.74, 6) is -1.32. The number of halogens is 1. The van der Waals surface area contributed by atoms with Crippen LogP contribution in [0.25, 0.3) is 0 Å². The summed E-state index contributed by atoms with van der Waals surface area (Å²) in [5.41, 5.74) is -1.99. The van der Waals surface area contributed by atoms with Gasteiger partial charge in [-0.2, -0.15) is 0 Å². The van der Waals surface area contributed by atoms with Crippen molar-refractivity contribution in [3.63, 3.8) is 0 Å². The van der Waals surface area contributed by atoms with Crippen LogP contribution in [-0.2, 0) is 4.79 Å². The number of hydrogen-bond acceptors (Lipinski definition) is 3. The molecule has 1 amide bonds. The third-order valence-electron chi connectivity index (χ3n) is 3.35. The van der Waals surface area contributed by atoms with Crippen molar-refractivity contribution >= 4 is 34.8 Å². The van der Waals surface area contributed by atoms with Gasteiger partial charge in [0.2, 0.25) is 0 Å². The van der Waals surface area contributed by atoms with Gasteiger partial charge in [-0.15, -0.1) is 11.3 Å². The summed E-state index contributed by atoms with van der Waals surface area (Å²) in [7, 11) is 0. The Balaban J connectivity index is 2.94. The number of carboxylic acid groups (broad SMARTS) is 1. The van der Waals surface area contributed by atoms with Gasteiger partial charge >= 0.3 is 5.97 Å². The fourth-order valence-corrected chi connectivity index (χ4v) is 2.26. The molecule has 0 aliphatic carbocycles. The van der Waals surface area contributed by atoms with Gasteiger partial charge in [-0.1, -0.05) is 11.6 Å². The van der Waals surface area contributed by atoms with Crippen molar-refractivity contribution in [1.29, 1.82) is 0 Å². The second-order valence-corrected chi connectivity index (χ2v) is 6.43. The summed E-state index contributed by atoms with van der Waals surface area (Å²) in [6.07, 6.45) is 0. The monoisotopic (exact) mass is 289 g/mol. The molecule has 1 rings (SSSR count). The number of rotatable bonds is 4. The zero-order valence-electron chi connectivity index (χ0n) is 10.7. The highest BCUT2D eigenvalue weighted by Crippen LogP contribution is 2.32. The Labute approximate surface area is 115 Å². The van der Waals surface area contributed by atoms with E-state index in [4.69, 9.17) is 11.6 Å². The molecule has 0 fully saturated rings. The van der Waals surface area contributed by atoms with Crippen molar-refractivity contribution in [2.24, 2.45) is 5.41 Å². The average Bonchev–Trinajstić information content (AvgIpc) is 2.63. The molecule has 4 nitrogen and oxygen atoms in total. The van der Waals surface area contributed by atoms with Gasteiger partial charge in [0.05, 0.1) is 16.0 Å². The first-order chi connectivity index (χ1) is 8.09. The normalized spacial score (nSPS) is 12.3. The van der Waals surface area contributed by atoms with Crippen LogP contribution in [0.2, 0.25) is 5.02 Å². The predicted octanol–water partition coefficient (Wildman–Crippen LogP) is 3.02. The summed E-state index contributed by atoms with van der Waals surface area (Å²) in [5, 5.41) is 14.0. The van der Waals surface area contributed by atoms with Crippen molar-refractivity contribution < 1.29 is 14.7 Å². The number of carbonyl (C=O) groups excluding carboxylic acids is 1. The van der Waals surface area contributed by atoms with Gasteiger partial charge in [0.15, 0.2) is 0 Å². The number of nitrogens with one attached hydrogen (secondary N) is 1. The Morgan fingerprint density at radius 3 is 2.28 bits per heavy atom. The minimum absolute atomic E-state index is 0.352. The first-order valence-electron chi connectivity index (χ1n) is 5.38. The summed E-state index contributed by atoms with van der Waals surface area (Å²) in [6.45, 7) is 6.51. The number of hydrogen-bond donors (Lipinski definition) is 2. The van der Waals surface area contributed by atoms with Crippen LogP contribution >= 0.6 is 22.9 Å². The van der Waals surface area contributed by atoms with E-state index in [1.165, 1.54) is 11.3 Å². The number of amides is 1. The number of carbonyl (C=O) groups is 2. The topological polar surface area (TPSA) is 66.4 Å². The van der Waals surface area contributed by atoms with Crippen molar-refractivity contribution in [2.45, 2.75) is 33.2 Å². The van der Waals surface area contributed by atoms with E-state index in [2.05, 4.69) is 5.32 Å². The van der Waals surface area contributed by atoms with Gasteiger partial charge in [0.25, 0.3) is 5.91 Å². The Kier molecular flexibility index (Phi) is 4.08. The van der Waals surface area contributed by atoms with E-state index >= 15 is 0 Å². The van der Waals surface area contributed by atoms with Gasteiger partial charge in [-0.25, -0.2) is 0 Å². The van der Waals surface area contributed by atoms with Gasteiger partial charge < -0.3 is 10.4 Å². The molecule has 0 spiro atoms. The fraction of sp³-hybridized carbons (Fsp3) is 0.500. The first-order valence-corrected chi connectivity index (χ1v) is 6.64. The Hall–Kier alpha value is -1.07. The molecule has 0 saturated carbocycles. The summed E-state index contributed by atoms with van der Waals surface area (Å²) < 4.78 is 0. The van der Waals surface area contributed by atoms with Crippen molar-refractivity contribution in [3.05, 3.63) is 21.3 Å². The van der Waals surface area contributed by atoms with Gasteiger partial charge in [-0.3, -0.25) is 9.59 Å². The second kappa shape index (κ2) is 4.90. The third kappa shape index (κ3) is 2.67. The van der Waals surface area contributed by atoms with Crippen LogP contribution in [0.15, 0.2) is 11.4 Å². The van der Waals surface area contributed by atoms with E-state index in [-0.39, 0.29) is 5.91 Å².